The van der Waals surface area contributed by atoms with Gasteiger partial charge in [-0.15, -0.1) is 0 Å². The molecular weight excluding hydrogens is 320 g/mol. The third kappa shape index (κ3) is 4.24. The molecule has 0 unspecified atom stereocenters. The molecule has 0 bridgehead atoms. The maximum atomic E-state index is 11.0. The van der Waals surface area contributed by atoms with E-state index in [0.717, 1.165) is 16.7 Å². The molecule has 0 saturated carbocycles. The molecule has 7 nitrogen and oxygen atoms in total. The standard InChI is InChI=1S/C18H22N4O3/c1-18(2,25)11-22-12-19-16(20-22)15-5-3-13(4-6-15)14-7-9-21(10-8-14)17(23)24/h3-7,12,25H,8-11H2,1-2H3,(H,23,24). The molecule has 1 aliphatic rings. The molecule has 1 aliphatic heterocycles. The van der Waals surface area contributed by atoms with E-state index in [4.69, 9.17) is 5.11 Å². The molecule has 1 amide bonds. The predicted octanol–water partition coefficient (Wildman–Crippen LogP) is 2.48. The van der Waals surface area contributed by atoms with Crippen LogP contribution < -0.4 is 0 Å². The summed E-state index contributed by atoms with van der Waals surface area (Å²) >= 11 is 0. The van der Waals surface area contributed by atoms with E-state index in [2.05, 4.69) is 10.1 Å². The average molecular weight is 342 g/mol. The number of aromatic nitrogens is 3. The first kappa shape index (κ1) is 17.2. The van der Waals surface area contributed by atoms with Crippen molar-refractivity contribution in [1.29, 1.82) is 0 Å². The van der Waals surface area contributed by atoms with E-state index >= 15 is 0 Å². The van der Waals surface area contributed by atoms with Gasteiger partial charge in [0.15, 0.2) is 5.82 Å². The lowest BCUT2D eigenvalue weighted by atomic mass is 9.98. The normalized spacial score (nSPS) is 15.2. The summed E-state index contributed by atoms with van der Waals surface area (Å²) in [5.74, 6) is 0.616. The van der Waals surface area contributed by atoms with Gasteiger partial charge in [0.05, 0.1) is 12.1 Å². The van der Waals surface area contributed by atoms with Crippen LogP contribution in [-0.4, -0.2) is 54.7 Å². The molecule has 3 rings (SSSR count). The number of amides is 1. The summed E-state index contributed by atoms with van der Waals surface area (Å²) in [6, 6.07) is 7.94. The van der Waals surface area contributed by atoms with Crippen molar-refractivity contribution in [2.24, 2.45) is 0 Å². The van der Waals surface area contributed by atoms with E-state index < -0.39 is 11.7 Å². The van der Waals surface area contributed by atoms with Crippen LogP contribution in [0, 0.1) is 0 Å². The summed E-state index contributed by atoms with van der Waals surface area (Å²) in [4.78, 5) is 16.6. The molecular formula is C18H22N4O3. The fourth-order valence-electron chi connectivity index (χ4n) is 2.84. The van der Waals surface area contributed by atoms with E-state index in [1.54, 1.807) is 24.9 Å². The number of benzene rings is 1. The number of hydrogen-bond acceptors (Lipinski definition) is 4. The number of nitrogens with zero attached hydrogens (tertiary/aromatic N) is 4. The van der Waals surface area contributed by atoms with Gasteiger partial charge in [0.25, 0.3) is 0 Å². The van der Waals surface area contributed by atoms with Crippen LogP contribution in [0.25, 0.3) is 17.0 Å². The SMILES string of the molecule is CC(C)(O)Cn1cnc(-c2ccc(C3=CCN(C(=O)O)CC3)cc2)n1. The monoisotopic (exact) mass is 342 g/mol. The van der Waals surface area contributed by atoms with Crippen LogP contribution >= 0.6 is 0 Å². The van der Waals surface area contributed by atoms with Crippen molar-refractivity contribution in [3.05, 3.63) is 42.2 Å². The highest BCUT2D eigenvalue weighted by Crippen LogP contribution is 2.25. The van der Waals surface area contributed by atoms with Crippen LogP contribution in [0.5, 0.6) is 0 Å². The molecule has 7 heteroatoms. The topological polar surface area (TPSA) is 91.5 Å². The lowest BCUT2D eigenvalue weighted by Gasteiger charge is -2.23. The summed E-state index contributed by atoms with van der Waals surface area (Å²) in [5, 5.41) is 23.2. The fraction of sp³-hybridized carbons (Fsp3) is 0.389. The van der Waals surface area contributed by atoms with Gasteiger partial charge in [-0.2, -0.15) is 5.10 Å². The van der Waals surface area contributed by atoms with Gasteiger partial charge < -0.3 is 15.1 Å². The highest BCUT2D eigenvalue weighted by molar-refractivity contribution is 5.72. The van der Waals surface area contributed by atoms with Crippen molar-refractivity contribution >= 4 is 11.7 Å². The molecule has 2 heterocycles. The van der Waals surface area contributed by atoms with Crippen molar-refractivity contribution in [3.8, 4) is 11.4 Å². The Kier molecular flexibility index (Phi) is 4.59. The average Bonchev–Trinajstić information content (AvgIpc) is 3.01. The number of hydrogen-bond donors (Lipinski definition) is 2. The van der Waals surface area contributed by atoms with Gasteiger partial charge in [0, 0.05) is 18.7 Å². The summed E-state index contributed by atoms with van der Waals surface area (Å²) in [5.41, 5.74) is 2.31. The molecule has 1 aromatic carbocycles. The minimum Gasteiger partial charge on any atom is -0.465 e. The molecule has 0 aliphatic carbocycles. The Morgan fingerprint density at radius 3 is 2.48 bits per heavy atom. The Bertz CT molecular complexity index is 787. The van der Waals surface area contributed by atoms with Crippen LogP contribution in [0.3, 0.4) is 0 Å². The van der Waals surface area contributed by atoms with Gasteiger partial charge in [-0.25, -0.2) is 14.5 Å². The number of carboxylic acid groups (broad SMARTS) is 1. The van der Waals surface area contributed by atoms with E-state index in [0.29, 0.717) is 31.9 Å². The van der Waals surface area contributed by atoms with Crippen molar-refractivity contribution in [1.82, 2.24) is 19.7 Å². The number of rotatable bonds is 4. The minimum absolute atomic E-state index is 0.380. The lowest BCUT2D eigenvalue weighted by molar-refractivity contribution is 0.0577. The lowest BCUT2D eigenvalue weighted by Crippen LogP contribution is -2.33. The minimum atomic E-state index is -0.877. The molecule has 132 valence electrons. The predicted molar refractivity (Wildman–Crippen MR) is 93.9 cm³/mol. The smallest absolute Gasteiger partial charge is 0.407 e. The third-order valence-electron chi connectivity index (χ3n) is 4.08. The van der Waals surface area contributed by atoms with Crippen LogP contribution in [0.1, 0.15) is 25.8 Å². The van der Waals surface area contributed by atoms with E-state index in [1.165, 1.54) is 4.90 Å². The second-order valence-corrected chi connectivity index (χ2v) is 6.86. The van der Waals surface area contributed by atoms with Crippen LogP contribution in [0.15, 0.2) is 36.7 Å². The molecule has 0 atom stereocenters. The Hall–Kier alpha value is -2.67. The Labute approximate surface area is 146 Å². The second kappa shape index (κ2) is 6.68. The zero-order chi connectivity index (χ0) is 18.0. The second-order valence-electron chi connectivity index (χ2n) is 6.86. The highest BCUT2D eigenvalue weighted by Gasteiger charge is 2.17. The fourth-order valence-corrected chi connectivity index (χ4v) is 2.84. The molecule has 25 heavy (non-hydrogen) atoms. The van der Waals surface area contributed by atoms with Crippen molar-refractivity contribution in [2.45, 2.75) is 32.4 Å². The number of carbonyl (C=O) groups is 1. The first-order valence-electron chi connectivity index (χ1n) is 8.21. The first-order valence-corrected chi connectivity index (χ1v) is 8.21. The largest absolute Gasteiger partial charge is 0.465 e. The van der Waals surface area contributed by atoms with Gasteiger partial charge in [-0.3, -0.25) is 0 Å². The summed E-state index contributed by atoms with van der Waals surface area (Å²) in [6.45, 7) is 4.78. The summed E-state index contributed by atoms with van der Waals surface area (Å²) < 4.78 is 1.63. The molecule has 2 N–H and O–H groups in total. The van der Waals surface area contributed by atoms with Crippen molar-refractivity contribution in [2.75, 3.05) is 13.1 Å². The number of aliphatic hydroxyl groups is 1. The van der Waals surface area contributed by atoms with Gasteiger partial charge in [0.2, 0.25) is 0 Å². The van der Waals surface area contributed by atoms with Crippen LogP contribution in [-0.2, 0) is 6.54 Å². The first-order chi connectivity index (χ1) is 11.8. The quantitative estimate of drug-likeness (QED) is 0.891. The van der Waals surface area contributed by atoms with E-state index in [9.17, 15) is 9.90 Å². The molecule has 1 aromatic heterocycles. The molecule has 0 radical (unpaired) electrons. The Morgan fingerprint density at radius 1 is 1.24 bits per heavy atom. The Morgan fingerprint density at radius 2 is 1.92 bits per heavy atom. The maximum absolute atomic E-state index is 11.0. The summed E-state index contributed by atoms with van der Waals surface area (Å²) in [7, 11) is 0. The summed E-state index contributed by atoms with van der Waals surface area (Å²) in [6.07, 6.45) is 3.41. The van der Waals surface area contributed by atoms with Crippen molar-refractivity contribution in [3.63, 3.8) is 0 Å². The molecule has 2 aromatic rings. The highest BCUT2D eigenvalue weighted by atomic mass is 16.4. The van der Waals surface area contributed by atoms with Crippen LogP contribution in [0.4, 0.5) is 4.79 Å². The van der Waals surface area contributed by atoms with Gasteiger partial charge >= 0.3 is 6.09 Å². The van der Waals surface area contributed by atoms with Gasteiger partial charge in [-0.05, 0) is 31.4 Å². The third-order valence-corrected chi connectivity index (χ3v) is 4.08. The molecule has 0 fully saturated rings. The Balaban J connectivity index is 1.72. The molecule has 0 saturated heterocycles. The zero-order valence-corrected chi connectivity index (χ0v) is 14.4. The van der Waals surface area contributed by atoms with E-state index in [1.807, 2.05) is 30.3 Å². The zero-order valence-electron chi connectivity index (χ0n) is 14.4. The van der Waals surface area contributed by atoms with Gasteiger partial charge in [0.1, 0.15) is 6.33 Å². The maximum Gasteiger partial charge on any atom is 0.407 e. The van der Waals surface area contributed by atoms with Crippen LogP contribution in [0.2, 0.25) is 0 Å². The van der Waals surface area contributed by atoms with E-state index in [-0.39, 0.29) is 0 Å². The molecule has 0 spiro atoms. The van der Waals surface area contributed by atoms with Crippen molar-refractivity contribution < 1.29 is 15.0 Å². The van der Waals surface area contributed by atoms with Gasteiger partial charge in [-0.1, -0.05) is 30.3 Å².